The van der Waals surface area contributed by atoms with E-state index < -0.39 is 17.8 Å². The van der Waals surface area contributed by atoms with Gasteiger partial charge in [0.2, 0.25) is 0 Å². The highest BCUT2D eigenvalue weighted by Gasteiger charge is 2.56. The number of hydrogen-bond donors (Lipinski definition) is 1. The molecule has 1 aliphatic rings. The van der Waals surface area contributed by atoms with Crippen molar-refractivity contribution < 1.29 is 17.9 Å². The Kier molecular flexibility index (Phi) is 3.41. The quantitative estimate of drug-likeness (QED) is 0.895. The number of halogens is 3. The summed E-state index contributed by atoms with van der Waals surface area (Å²) >= 11 is 0. The molecule has 0 heterocycles. The smallest absolute Gasteiger partial charge is 0.413 e. The van der Waals surface area contributed by atoms with Crippen LogP contribution in [0.4, 0.5) is 13.2 Å². The lowest BCUT2D eigenvalue weighted by atomic mass is 9.88. The van der Waals surface area contributed by atoms with Gasteiger partial charge in [-0.1, -0.05) is 35.9 Å². The first-order chi connectivity index (χ1) is 8.83. The van der Waals surface area contributed by atoms with Gasteiger partial charge in [-0.25, -0.2) is 0 Å². The Balaban J connectivity index is 2.25. The van der Waals surface area contributed by atoms with Crippen molar-refractivity contribution in [3.05, 3.63) is 54.1 Å². The summed E-state index contributed by atoms with van der Waals surface area (Å²) in [5.74, 6) is 0.356. The van der Waals surface area contributed by atoms with Crippen LogP contribution in [0.3, 0.4) is 0 Å². The van der Waals surface area contributed by atoms with Crippen molar-refractivity contribution in [3.63, 3.8) is 0 Å². The lowest BCUT2D eigenvalue weighted by molar-refractivity contribution is -0.187. The molecule has 1 aliphatic carbocycles. The van der Waals surface area contributed by atoms with E-state index in [1.165, 1.54) is 18.2 Å². The van der Waals surface area contributed by atoms with Crippen LogP contribution >= 0.6 is 0 Å². The first-order valence-corrected chi connectivity index (χ1v) is 5.78. The van der Waals surface area contributed by atoms with Gasteiger partial charge in [-0.3, -0.25) is 0 Å². The van der Waals surface area contributed by atoms with Gasteiger partial charge in [0, 0.05) is 0 Å². The van der Waals surface area contributed by atoms with E-state index in [0.29, 0.717) is 5.75 Å². The summed E-state index contributed by atoms with van der Waals surface area (Å²) in [6.07, 6.45) is -0.846. The summed E-state index contributed by atoms with van der Waals surface area (Å²) in [7, 11) is 0. The highest BCUT2D eigenvalue weighted by atomic mass is 19.4. The summed E-state index contributed by atoms with van der Waals surface area (Å²) in [5.41, 5.74) is 3.96. The fourth-order valence-corrected chi connectivity index (χ4v) is 1.79. The van der Waals surface area contributed by atoms with Crippen LogP contribution in [-0.2, 0) is 0 Å². The monoisotopic (exact) mass is 269 g/mol. The number of rotatable bonds is 2. The fourth-order valence-electron chi connectivity index (χ4n) is 1.79. The molecule has 0 bridgehead atoms. The maximum atomic E-state index is 13.1. The second-order valence-electron chi connectivity index (χ2n) is 4.53. The van der Waals surface area contributed by atoms with Gasteiger partial charge in [-0.15, -0.1) is 0 Å². The van der Waals surface area contributed by atoms with Gasteiger partial charge in [0.15, 0.2) is 5.54 Å². The highest BCUT2D eigenvalue weighted by Crippen LogP contribution is 2.36. The summed E-state index contributed by atoms with van der Waals surface area (Å²) < 4.78 is 44.5. The third kappa shape index (κ3) is 2.66. The second kappa shape index (κ2) is 4.74. The zero-order valence-electron chi connectivity index (χ0n) is 10.3. The van der Waals surface area contributed by atoms with Crippen LogP contribution < -0.4 is 10.5 Å². The molecule has 1 aromatic rings. The highest BCUT2D eigenvalue weighted by molar-refractivity contribution is 5.32. The first-order valence-electron chi connectivity index (χ1n) is 5.78. The van der Waals surface area contributed by atoms with Crippen LogP contribution in [0.5, 0.6) is 5.75 Å². The van der Waals surface area contributed by atoms with Crippen molar-refractivity contribution in [1.82, 2.24) is 0 Å². The third-order valence-corrected chi connectivity index (χ3v) is 3.01. The van der Waals surface area contributed by atoms with Gasteiger partial charge in [0.1, 0.15) is 11.9 Å². The number of ether oxygens (including phenoxy) is 1. The average molecular weight is 269 g/mol. The van der Waals surface area contributed by atoms with E-state index in [-0.39, 0.29) is 0 Å². The van der Waals surface area contributed by atoms with E-state index in [1.54, 1.807) is 24.3 Å². The summed E-state index contributed by atoms with van der Waals surface area (Å²) in [6, 6.07) is 6.78. The van der Waals surface area contributed by atoms with Gasteiger partial charge in [-0.05, 0) is 25.1 Å². The Morgan fingerprint density at radius 2 is 1.79 bits per heavy atom. The standard InChI is InChI=1S/C14H14F3NO/c1-10-5-7-11(8-6-10)19-12-4-2-3-9-13(12,18)14(15,16)17/h2-9,12H,18H2,1H3. The molecule has 0 aromatic heterocycles. The molecule has 102 valence electrons. The minimum Gasteiger partial charge on any atom is -0.484 e. The molecule has 2 unspecified atom stereocenters. The lowest BCUT2D eigenvalue weighted by Gasteiger charge is -2.36. The van der Waals surface area contributed by atoms with Crippen LogP contribution in [0.15, 0.2) is 48.6 Å². The predicted molar refractivity (Wildman–Crippen MR) is 66.8 cm³/mol. The van der Waals surface area contributed by atoms with Crippen molar-refractivity contribution in [2.45, 2.75) is 24.7 Å². The van der Waals surface area contributed by atoms with E-state index in [0.717, 1.165) is 11.6 Å². The Bertz CT molecular complexity index is 504. The maximum Gasteiger partial charge on any atom is 0.413 e. The van der Waals surface area contributed by atoms with Crippen LogP contribution in [0.1, 0.15) is 5.56 Å². The Morgan fingerprint density at radius 3 is 2.37 bits per heavy atom. The largest absolute Gasteiger partial charge is 0.484 e. The minimum atomic E-state index is -4.58. The van der Waals surface area contributed by atoms with E-state index in [9.17, 15) is 13.2 Å². The SMILES string of the molecule is Cc1ccc(OC2C=CC=CC2(N)C(F)(F)F)cc1. The topological polar surface area (TPSA) is 35.2 Å². The van der Waals surface area contributed by atoms with Crippen LogP contribution in [0.2, 0.25) is 0 Å². The van der Waals surface area contributed by atoms with Gasteiger partial charge < -0.3 is 10.5 Å². The fraction of sp³-hybridized carbons (Fsp3) is 0.286. The molecule has 2 atom stereocenters. The number of alkyl halides is 3. The number of aryl methyl sites for hydroxylation is 1. The summed E-state index contributed by atoms with van der Waals surface area (Å²) in [6.45, 7) is 1.88. The van der Waals surface area contributed by atoms with E-state index in [2.05, 4.69) is 0 Å². The molecule has 2 nitrogen and oxygen atoms in total. The third-order valence-electron chi connectivity index (χ3n) is 3.01. The molecular weight excluding hydrogens is 255 g/mol. The predicted octanol–water partition coefficient (Wildman–Crippen LogP) is 3.13. The summed E-state index contributed by atoms with van der Waals surface area (Å²) in [5, 5.41) is 0. The Morgan fingerprint density at radius 1 is 1.16 bits per heavy atom. The molecule has 0 saturated heterocycles. The molecule has 2 N–H and O–H groups in total. The minimum absolute atomic E-state index is 0.356. The normalized spacial score (nSPS) is 26.5. The van der Waals surface area contributed by atoms with Crippen LogP contribution in [0, 0.1) is 6.92 Å². The lowest BCUT2D eigenvalue weighted by Crippen LogP contribution is -2.62. The number of benzene rings is 1. The zero-order valence-corrected chi connectivity index (χ0v) is 10.3. The number of allylic oxidation sites excluding steroid dienone is 2. The maximum absolute atomic E-state index is 13.1. The zero-order chi connectivity index (χ0) is 14.1. The molecule has 0 amide bonds. The van der Waals surface area contributed by atoms with Gasteiger partial charge in [-0.2, -0.15) is 13.2 Å². The van der Waals surface area contributed by atoms with Crippen molar-refractivity contribution >= 4 is 0 Å². The Hall–Kier alpha value is -1.75. The second-order valence-corrected chi connectivity index (χ2v) is 4.53. The van der Waals surface area contributed by atoms with Crippen molar-refractivity contribution in [2.75, 3.05) is 0 Å². The Labute approximate surface area is 109 Å². The van der Waals surface area contributed by atoms with Crippen molar-refractivity contribution in [1.29, 1.82) is 0 Å². The molecule has 1 aromatic carbocycles. The van der Waals surface area contributed by atoms with E-state index >= 15 is 0 Å². The molecule has 19 heavy (non-hydrogen) atoms. The molecule has 0 radical (unpaired) electrons. The van der Waals surface area contributed by atoms with Gasteiger partial charge in [0.05, 0.1) is 0 Å². The molecular formula is C14H14F3NO. The van der Waals surface area contributed by atoms with E-state index in [1.807, 2.05) is 6.92 Å². The van der Waals surface area contributed by atoms with Gasteiger partial charge in [0.25, 0.3) is 0 Å². The molecule has 0 fully saturated rings. The number of hydrogen-bond acceptors (Lipinski definition) is 2. The molecule has 2 rings (SSSR count). The first kappa shape index (κ1) is 13.7. The van der Waals surface area contributed by atoms with Gasteiger partial charge >= 0.3 is 6.18 Å². The van der Waals surface area contributed by atoms with Crippen molar-refractivity contribution in [3.8, 4) is 5.75 Å². The number of nitrogens with two attached hydrogens (primary N) is 1. The molecule has 0 saturated carbocycles. The van der Waals surface area contributed by atoms with Crippen molar-refractivity contribution in [2.24, 2.45) is 5.73 Å². The van der Waals surface area contributed by atoms with Crippen LogP contribution in [0.25, 0.3) is 0 Å². The average Bonchev–Trinajstić information content (AvgIpc) is 2.33. The molecule has 5 heteroatoms. The molecule has 0 aliphatic heterocycles. The molecule has 0 spiro atoms. The van der Waals surface area contributed by atoms with Crippen LogP contribution in [-0.4, -0.2) is 17.8 Å². The summed E-state index contributed by atoms with van der Waals surface area (Å²) in [4.78, 5) is 0. The van der Waals surface area contributed by atoms with E-state index in [4.69, 9.17) is 10.5 Å².